The van der Waals surface area contributed by atoms with Gasteiger partial charge >= 0.3 is 0 Å². The molecular formula is C20H22N4O3S. The van der Waals surface area contributed by atoms with Gasteiger partial charge in [-0.05, 0) is 48.9 Å². The summed E-state index contributed by atoms with van der Waals surface area (Å²) in [6.07, 6.45) is 0. The highest BCUT2D eigenvalue weighted by Gasteiger charge is 2.20. The maximum Gasteiger partial charge on any atom is 0.256 e. The number of benzene rings is 1. The molecule has 7 nitrogen and oxygen atoms in total. The van der Waals surface area contributed by atoms with Crippen molar-refractivity contribution in [2.45, 2.75) is 39.7 Å². The number of thiophene rings is 1. The first kappa shape index (κ1) is 19.8. The Hall–Kier alpha value is -3.00. The van der Waals surface area contributed by atoms with Crippen LogP contribution in [0.2, 0.25) is 0 Å². The smallest absolute Gasteiger partial charge is 0.256 e. The first-order chi connectivity index (χ1) is 13.3. The Bertz CT molecular complexity index is 976. The Kier molecular flexibility index (Phi) is 5.89. The van der Waals surface area contributed by atoms with Crippen molar-refractivity contribution in [2.75, 3.05) is 5.32 Å². The molecule has 0 saturated carbocycles. The molecule has 28 heavy (non-hydrogen) atoms. The number of aryl methyl sites for hydroxylation is 1. The van der Waals surface area contributed by atoms with Crippen LogP contribution < -0.4 is 10.6 Å². The number of hydrogen-bond donors (Lipinski definition) is 2. The lowest BCUT2D eigenvalue weighted by atomic mass is 10.0. The largest absolute Gasteiger partial charge is 0.340 e. The Labute approximate surface area is 167 Å². The third-order valence-corrected chi connectivity index (χ3v) is 5.07. The van der Waals surface area contributed by atoms with Crippen LogP contribution >= 0.6 is 11.3 Å². The molecule has 146 valence electrons. The first-order valence-electron chi connectivity index (χ1n) is 8.95. The van der Waals surface area contributed by atoms with Gasteiger partial charge in [-0.3, -0.25) is 9.59 Å². The van der Waals surface area contributed by atoms with E-state index in [0.29, 0.717) is 33.8 Å². The van der Waals surface area contributed by atoms with Gasteiger partial charge in [-0.2, -0.15) is 4.98 Å². The summed E-state index contributed by atoms with van der Waals surface area (Å²) in [4.78, 5) is 29.3. The van der Waals surface area contributed by atoms with Crippen LogP contribution in [-0.4, -0.2) is 22.0 Å². The van der Waals surface area contributed by atoms with E-state index in [4.69, 9.17) is 4.52 Å². The fourth-order valence-electron chi connectivity index (χ4n) is 2.60. The third kappa shape index (κ3) is 4.45. The molecule has 2 heterocycles. The van der Waals surface area contributed by atoms with Gasteiger partial charge in [0.2, 0.25) is 5.89 Å². The number of rotatable bonds is 6. The van der Waals surface area contributed by atoms with Gasteiger partial charge in [0, 0.05) is 5.56 Å². The molecule has 0 spiro atoms. The normalized spacial score (nSPS) is 12.0. The SMILES string of the molecule is Cc1noc(C(C)NC(=O)c2ccsc2NC(=O)c2ccc(C(C)C)cc2)n1. The van der Waals surface area contributed by atoms with Crippen molar-refractivity contribution in [3.8, 4) is 0 Å². The molecular weight excluding hydrogens is 376 g/mol. The minimum Gasteiger partial charge on any atom is -0.340 e. The van der Waals surface area contributed by atoms with E-state index in [2.05, 4.69) is 34.6 Å². The second-order valence-electron chi connectivity index (χ2n) is 6.77. The van der Waals surface area contributed by atoms with Crippen molar-refractivity contribution >= 4 is 28.2 Å². The van der Waals surface area contributed by atoms with Gasteiger partial charge in [-0.25, -0.2) is 0 Å². The van der Waals surface area contributed by atoms with Gasteiger partial charge in [-0.15, -0.1) is 11.3 Å². The zero-order valence-corrected chi connectivity index (χ0v) is 17.0. The zero-order chi connectivity index (χ0) is 20.3. The molecule has 0 radical (unpaired) electrons. The molecule has 3 rings (SSSR count). The van der Waals surface area contributed by atoms with Gasteiger partial charge in [0.15, 0.2) is 5.82 Å². The van der Waals surface area contributed by atoms with Crippen molar-refractivity contribution in [2.24, 2.45) is 0 Å². The van der Waals surface area contributed by atoms with Crippen LogP contribution in [-0.2, 0) is 0 Å². The van der Waals surface area contributed by atoms with Crippen molar-refractivity contribution in [1.29, 1.82) is 0 Å². The van der Waals surface area contributed by atoms with Crippen molar-refractivity contribution in [3.63, 3.8) is 0 Å². The number of nitrogens with one attached hydrogen (secondary N) is 2. The van der Waals surface area contributed by atoms with Gasteiger partial charge in [0.1, 0.15) is 11.0 Å². The maximum atomic E-state index is 12.6. The van der Waals surface area contributed by atoms with Gasteiger partial charge in [-0.1, -0.05) is 31.1 Å². The van der Waals surface area contributed by atoms with E-state index >= 15 is 0 Å². The van der Waals surface area contributed by atoms with Gasteiger partial charge in [0.25, 0.3) is 11.8 Å². The average molecular weight is 398 g/mol. The highest BCUT2D eigenvalue weighted by atomic mass is 32.1. The molecule has 2 aromatic heterocycles. The molecule has 0 fully saturated rings. The molecule has 0 saturated heterocycles. The summed E-state index contributed by atoms with van der Waals surface area (Å²) in [6.45, 7) is 7.66. The Morgan fingerprint density at radius 3 is 2.39 bits per heavy atom. The number of amides is 2. The predicted octanol–water partition coefficient (Wildman–Crippen LogP) is 4.31. The van der Waals surface area contributed by atoms with Crippen LogP contribution in [0.1, 0.15) is 70.7 Å². The lowest BCUT2D eigenvalue weighted by Gasteiger charge is -2.11. The van der Waals surface area contributed by atoms with Gasteiger partial charge in [0.05, 0.1) is 5.56 Å². The van der Waals surface area contributed by atoms with Crippen LogP contribution in [0, 0.1) is 6.92 Å². The zero-order valence-electron chi connectivity index (χ0n) is 16.1. The Balaban J connectivity index is 1.69. The highest BCUT2D eigenvalue weighted by Crippen LogP contribution is 2.25. The number of carbonyl (C=O) groups excluding carboxylic acids is 2. The number of aromatic nitrogens is 2. The summed E-state index contributed by atoms with van der Waals surface area (Å²) in [6, 6.07) is 8.69. The summed E-state index contributed by atoms with van der Waals surface area (Å²) < 4.78 is 5.08. The number of carbonyl (C=O) groups is 2. The molecule has 2 N–H and O–H groups in total. The van der Waals surface area contributed by atoms with E-state index in [1.165, 1.54) is 11.3 Å². The first-order valence-corrected chi connectivity index (χ1v) is 9.83. The predicted molar refractivity (Wildman–Crippen MR) is 108 cm³/mol. The molecule has 8 heteroatoms. The van der Waals surface area contributed by atoms with Crippen LogP contribution in [0.25, 0.3) is 0 Å². The molecule has 3 aromatic rings. The summed E-state index contributed by atoms with van der Waals surface area (Å²) in [5, 5.41) is 11.6. The number of anilines is 1. The second-order valence-corrected chi connectivity index (χ2v) is 7.69. The van der Waals surface area contributed by atoms with Crippen molar-refractivity contribution in [3.05, 3.63) is 64.1 Å². The molecule has 2 amide bonds. The van der Waals surface area contributed by atoms with Crippen LogP contribution in [0.5, 0.6) is 0 Å². The van der Waals surface area contributed by atoms with E-state index in [0.717, 1.165) is 5.56 Å². The molecule has 1 aromatic carbocycles. The quantitative estimate of drug-likeness (QED) is 0.645. The topological polar surface area (TPSA) is 97.1 Å². The molecule has 0 bridgehead atoms. The van der Waals surface area contributed by atoms with E-state index < -0.39 is 6.04 Å². The van der Waals surface area contributed by atoms with E-state index in [1.54, 1.807) is 37.4 Å². The summed E-state index contributed by atoms with van der Waals surface area (Å²) in [7, 11) is 0. The fraction of sp³-hybridized carbons (Fsp3) is 0.300. The fourth-order valence-corrected chi connectivity index (χ4v) is 3.38. The van der Waals surface area contributed by atoms with E-state index in [-0.39, 0.29) is 11.8 Å². The number of hydrogen-bond acceptors (Lipinski definition) is 6. The minimum atomic E-state index is -0.444. The van der Waals surface area contributed by atoms with E-state index in [9.17, 15) is 9.59 Å². The summed E-state index contributed by atoms with van der Waals surface area (Å²) in [5.74, 6) is 0.650. The van der Waals surface area contributed by atoms with Crippen molar-refractivity contribution < 1.29 is 14.1 Å². The lowest BCUT2D eigenvalue weighted by Crippen LogP contribution is -2.27. The van der Waals surface area contributed by atoms with E-state index in [1.807, 2.05) is 12.1 Å². The molecule has 0 aliphatic rings. The molecule has 1 unspecified atom stereocenters. The lowest BCUT2D eigenvalue weighted by molar-refractivity contribution is 0.0934. The van der Waals surface area contributed by atoms with Crippen molar-refractivity contribution in [1.82, 2.24) is 15.5 Å². The molecule has 0 aliphatic carbocycles. The minimum absolute atomic E-state index is 0.257. The summed E-state index contributed by atoms with van der Waals surface area (Å²) >= 11 is 1.29. The monoisotopic (exact) mass is 398 g/mol. The highest BCUT2D eigenvalue weighted by molar-refractivity contribution is 7.14. The average Bonchev–Trinajstić information content (AvgIpc) is 3.30. The standard InChI is InChI=1S/C20H22N4O3S/c1-11(2)14-5-7-15(8-6-14)17(25)23-20-16(9-10-28-20)18(26)21-12(3)19-22-13(4)24-27-19/h5-12H,1-4H3,(H,21,26)(H,23,25). The second kappa shape index (κ2) is 8.35. The van der Waals surface area contributed by atoms with Crippen LogP contribution in [0.4, 0.5) is 5.00 Å². The number of nitrogens with zero attached hydrogens (tertiary/aromatic N) is 2. The molecule has 1 atom stereocenters. The van der Waals surface area contributed by atoms with Crippen LogP contribution in [0.15, 0.2) is 40.2 Å². The Morgan fingerprint density at radius 1 is 1.07 bits per heavy atom. The van der Waals surface area contributed by atoms with Crippen LogP contribution in [0.3, 0.4) is 0 Å². The van der Waals surface area contributed by atoms with Gasteiger partial charge < -0.3 is 15.2 Å². The molecule has 0 aliphatic heterocycles. The Morgan fingerprint density at radius 2 is 1.79 bits per heavy atom. The maximum absolute atomic E-state index is 12.6. The summed E-state index contributed by atoms with van der Waals surface area (Å²) in [5.41, 5.74) is 2.09. The third-order valence-electron chi connectivity index (χ3n) is 4.24.